The lowest BCUT2D eigenvalue weighted by atomic mass is 10.0. The lowest BCUT2D eigenvalue weighted by Gasteiger charge is -2.29. The van der Waals surface area contributed by atoms with E-state index in [9.17, 15) is 19.4 Å². The molecule has 0 rings (SSSR count). The number of aliphatic hydroxyl groups excluding tert-OH is 1. The van der Waals surface area contributed by atoms with Crippen molar-refractivity contribution in [3.63, 3.8) is 0 Å². The maximum atomic E-state index is 13.1. The SMILES string of the molecule is CC/C=C\C/C=C\C/C=C\C/C=C\C/C=C\C/C=C\CCCCCCCCCCCCCCCCCCCCCCCCC(=O)NC(COP(=O)([O-])OCC[N+](C)(C)C)C(O)/C=C/CCCCCCCCCCCCCCCCCCCCCCCCCCCCCCC. The van der Waals surface area contributed by atoms with Gasteiger partial charge >= 0.3 is 0 Å². The summed E-state index contributed by atoms with van der Waals surface area (Å²) >= 11 is 0. The Morgan fingerprint density at radius 2 is 0.649 bits per heavy atom. The third-order valence-corrected chi connectivity index (χ3v) is 19.6. The zero-order valence-electron chi connectivity index (χ0n) is 63.2. The summed E-state index contributed by atoms with van der Waals surface area (Å²) in [4.78, 5) is 25.7. The second-order valence-electron chi connectivity index (χ2n) is 29.1. The first-order valence-corrected chi connectivity index (χ1v) is 42.4. The average Bonchev–Trinajstić information content (AvgIpc) is 1.77. The molecule has 0 aromatic rings. The summed E-state index contributed by atoms with van der Waals surface area (Å²) in [6.07, 6.45) is 108. The van der Waals surface area contributed by atoms with Crippen LogP contribution < -0.4 is 10.2 Å². The quantitative estimate of drug-likeness (QED) is 0.0272. The highest BCUT2D eigenvalue weighted by Crippen LogP contribution is 2.38. The van der Waals surface area contributed by atoms with Crippen LogP contribution in [0.2, 0.25) is 0 Å². The molecule has 9 heteroatoms. The monoisotopic (exact) mass is 1340 g/mol. The Labute approximate surface area is 586 Å². The predicted molar refractivity (Wildman–Crippen MR) is 413 cm³/mol. The number of carbonyl (C=O) groups is 1. The van der Waals surface area contributed by atoms with Crippen LogP contribution in [0.5, 0.6) is 0 Å². The normalized spacial score (nSPS) is 13.9. The van der Waals surface area contributed by atoms with Gasteiger partial charge in [-0.25, -0.2) is 0 Å². The molecule has 2 N–H and O–H groups in total. The second kappa shape index (κ2) is 74.9. The number of hydrogen-bond acceptors (Lipinski definition) is 6. The summed E-state index contributed by atoms with van der Waals surface area (Å²) < 4.78 is 23.5. The molecule has 0 aliphatic rings. The van der Waals surface area contributed by atoms with E-state index in [1.165, 1.54) is 302 Å². The number of nitrogens with one attached hydrogen (secondary N) is 1. The van der Waals surface area contributed by atoms with Gasteiger partial charge in [-0.15, -0.1) is 0 Å². The van der Waals surface area contributed by atoms with E-state index in [4.69, 9.17) is 9.05 Å². The Morgan fingerprint density at radius 1 is 0.383 bits per heavy atom. The van der Waals surface area contributed by atoms with E-state index in [0.29, 0.717) is 17.4 Å². The number of rotatable bonds is 76. The van der Waals surface area contributed by atoms with Crippen molar-refractivity contribution in [3.8, 4) is 0 Å². The molecule has 0 bridgehead atoms. The molecule has 8 nitrogen and oxygen atoms in total. The lowest BCUT2D eigenvalue weighted by Crippen LogP contribution is -2.45. The summed E-state index contributed by atoms with van der Waals surface area (Å²) in [5, 5.41) is 14.0. The number of phosphoric acid groups is 1. The number of amides is 1. The Bertz CT molecular complexity index is 1820. The molecule has 0 radical (unpaired) electrons. The minimum atomic E-state index is -4.61. The van der Waals surface area contributed by atoms with Gasteiger partial charge in [0.05, 0.1) is 39.9 Å². The number of likely N-dealkylation sites (N-methyl/N-ethyl adjacent to an activating group) is 1. The van der Waals surface area contributed by atoms with Gasteiger partial charge < -0.3 is 28.8 Å². The molecule has 0 spiro atoms. The van der Waals surface area contributed by atoms with Crippen LogP contribution in [0.25, 0.3) is 0 Å². The molecule has 0 saturated heterocycles. The number of hydrogen-bond donors (Lipinski definition) is 2. The molecule has 3 unspecified atom stereocenters. The van der Waals surface area contributed by atoms with Gasteiger partial charge in [0.2, 0.25) is 5.91 Å². The third kappa shape index (κ3) is 77.0. The molecule has 94 heavy (non-hydrogen) atoms. The highest BCUT2D eigenvalue weighted by atomic mass is 31.2. The molecule has 0 aromatic heterocycles. The van der Waals surface area contributed by atoms with Crippen LogP contribution in [0, 0.1) is 0 Å². The van der Waals surface area contributed by atoms with E-state index in [-0.39, 0.29) is 19.1 Å². The van der Waals surface area contributed by atoms with Crippen LogP contribution in [0.4, 0.5) is 0 Å². The molecule has 0 aromatic carbocycles. The Balaban J connectivity index is 3.94. The minimum Gasteiger partial charge on any atom is -0.756 e. The van der Waals surface area contributed by atoms with Crippen molar-refractivity contribution in [1.82, 2.24) is 5.32 Å². The molecular weight excluding hydrogens is 1180 g/mol. The standard InChI is InChI=1S/C85H159N2O6P/c1-6-8-10-12-14-16-18-20-22-24-26-28-30-32-34-36-38-39-40-41-42-43-44-45-46-47-49-51-53-55-57-59-61-63-65-67-69-71-73-75-77-79-85(89)86-83(82-93-94(90,91)92-81-80-87(3,4)5)84(88)78-76-74-72-70-68-66-64-62-60-58-56-54-52-50-48-37-35-33-31-29-27-25-23-21-19-17-15-13-11-9-7-2/h8,10,14,16,20,22,26,28,32,34,38-39,76,78,83-84,88H,6-7,9,11-13,15,17-19,21,23-25,27,29-31,33,35-37,40-75,77,79-82H2,1-5H3,(H-,86,89,90,91)/b10-8-,16-14-,22-20-,28-26-,34-32-,39-38-,78-76+. The first-order chi connectivity index (χ1) is 46.0. The Kier molecular flexibility index (Phi) is 73.0. The van der Waals surface area contributed by atoms with Crippen molar-refractivity contribution in [2.45, 2.75) is 411 Å². The molecular formula is C85H159N2O6P. The first kappa shape index (κ1) is 91.7. The summed E-state index contributed by atoms with van der Waals surface area (Å²) in [5.41, 5.74) is 0. The third-order valence-electron chi connectivity index (χ3n) is 18.6. The van der Waals surface area contributed by atoms with Crippen molar-refractivity contribution >= 4 is 13.7 Å². The van der Waals surface area contributed by atoms with Crippen LogP contribution in [0.3, 0.4) is 0 Å². The van der Waals surface area contributed by atoms with Crippen LogP contribution in [0.15, 0.2) is 85.1 Å². The fraction of sp³-hybridized carbons (Fsp3) is 0.824. The first-order valence-electron chi connectivity index (χ1n) is 40.9. The predicted octanol–water partition coefficient (Wildman–Crippen LogP) is 26.4. The van der Waals surface area contributed by atoms with Gasteiger partial charge in [0.25, 0.3) is 7.82 Å². The van der Waals surface area contributed by atoms with Crippen molar-refractivity contribution in [1.29, 1.82) is 0 Å². The topological polar surface area (TPSA) is 108 Å². The largest absolute Gasteiger partial charge is 0.756 e. The van der Waals surface area contributed by atoms with Gasteiger partial charge in [0.15, 0.2) is 0 Å². The zero-order valence-corrected chi connectivity index (χ0v) is 64.1. The van der Waals surface area contributed by atoms with Gasteiger partial charge in [0.1, 0.15) is 13.2 Å². The van der Waals surface area contributed by atoms with E-state index in [0.717, 1.165) is 77.0 Å². The number of aliphatic hydroxyl groups is 1. The number of phosphoric ester groups is 1. The van der Waals surface area contributed by atoms with Gasteiger partial charge in [-0.05, 0) is 70.6 Å². The smallest absolute Gasteiger partial charge is 0.268 e. The molecule has 550 valence electrons. The van der Waals surface area contributed by atoms with Gasteiger partial charge in [-0.3, -0.25) is 9.36 Å². The number of unbranched alkanes of at least 4 members (excludes halogenated alkanes) is 51. The van der Waals surface area contributed by atoms with Crippen LogP contribution in [0.1, 0.15) is 399 Å². The summed E-state index contributed by atoms with van der Waals surface area (Å²) in [6.45, 7) is 4.59. The van der Waals surface area contributed by atoms with E-state index in [2.05, 4.69) is 92.1 Å². The van der Waals surface area contributed by atoms with Crippen LogP contribution in [-0.2, 0) is 18.4 Å². The minimum absolute atomic E-state index is 0.000521. The molecule has 0 aliphatic carbocycles. The number of quaternary nitrogens is 1. The Hall–Kier alpha value is -2.32. The summed E-state index contributed by atoms with van der Waals surface area (Å²) in [5.74, 6) is -0.190. The van der Waals surface area contributed by atoms with Gasteiger partial charge in [-0.1, -0.05) is 407 Å². The fourth-order valence-electron chi connectivity index (χ4n) is 12.3. The highest BCUT2D eigenvalue weighted by molar-refractivity contribution is 7.45. The van der Waals surface area contributed by atoms with Crippen LogP contribution in [-0.4, -0.2) is 68.5 Å². The maximum Gasteiger partial charge on any atom is 0.268 e. The van der Waals surface area contributed by atoms with Crippen molar-refractivity contribution in [2.75, 3.05) is 40.9 Å². The molecule has 1 amide bonds. The van der Waals surface area contributed by atoms with E-state index in [1.807, 2.05) is 27.2 Å². The van der Waals surface area contributed by atoms with Crippen molar-refractivity contribution in [3.05, 3.63) is 85.1 Å². The van der Waals surface area contributed by atoms with Crippen molar-refractivity contribution in [2.24, 2.45) is 0 Å². The molecule has 0 heterocycles. The fourth-order valence-corrected chi connectivity index (χ4v) is 13.1. The van der Waals surface area contributed by atoms with E-state index >= 15 is 0 Å². The second-order valence-corrected chi connectivity index (χ2v) is 30.5. The number of carbonyl (C=O) groups excluding carboxylic acids is 1. The molecule has 3 atom stereocenters. The Morgan fingerprint density at radius 3 is 0.947 bits per heavy atom. The number of nitrogens with zero attached hydrogens (tertiary/aromatic N) is 1. The van der Waals surface area contributed by atoms with Gasteiger partial charge in [-0.2, -0.15) is 0 Å². The van der Waals surface area contributed by atoms with Crippen molar-refractivity contribution < 1.29 is 32.9 Å². The summed E-state index contributed by atoms with van der Waals surface area (Å²) in [6, 6.07) is -0.890. The van der Waals surface area contributed by atoms with E-state index < -0.39 is 20.0 Å². The maximum absolute atomic E-state index is 13.1. The molecule has 0 saturated carbocycles. The zero-order chi connectivity index (χ0) is 68.3. The average molecular weight is 1340 g/mol. The lowest BCUT2D eigenvalue weighted by molar-refractivity contribution is -0.870. The van der Waals surface area contributed by atoms with Gasteiger partial charge in [0, 0.05) is 6.42 Å². The van der Waals surface area contributed by atoms with Crippen LogP contribution >= 0.6 is 7.82 Å². The molecule has 0 aliphatic heterocycles. The molecule has 0 fully saturated rings. The van der Waals surface area contributed by atoms with E-state index in [1.54, 1.807) is 6.08 Å². The summed E-state index contributed by atoms with van der Waals surface area (Å²) in [7, 11) is 1.28. The highest BCUT2D eigenvalue weighted by Gasteiger charge is 2.23. The number of allylic oxidation sites excluding steroid dienone is 13.